The molecule has 0 fully saturated rings. The van der Waals surface area contributed by atoms with Crippen molar-refractivity contribution in [1.82, 2.24) is 0 Å². The molecule has 1 aromatic carbocycles. The van der Waals surface area contributed by atoms with Gasteiger partial charge in [-0.2, -0.15) is 0 Å². The minimum atomic E-state index is -0.674. The molecule has 0 nitrogen and oxygen atoms in total. The highest BCUT2D eigenvalue weighted by molar-refractivity contribution is 5.33. The van der Waals surface area contributed by atoms with E-state index in [9.17, 15) is 4.39 Å². The van der Waals surface area contributed by atoms with Gasteiger partial charge in [0.15, 0.2) is 0 Å². The molecule has 0 bridgehead atoms. The van der Waals surface area contributed by atoms with Crippen LogP contribution < -0.4 is 0 Å². The third kappa shape index (κ3) is 8.43. The van der Waals surface area contributed by atoms with Crippen LogP contribution in [0.2, 0.25) is 0 Å². The second-order valence-electron chi connectivity index (χ2n) is 5.01. The Labute approximate surface area is 117 Å². The van der Waals surface area contributed by atoms with Gasteiger partial charge in [-0.25, -0.2) is 4.39 Å². The summed E-state index contributed by atoms with van der Waals surface area (Å²) in [5.74, 6) is 6.12. The van der Waals surface area contributed by atoms with E-state index in [1.54, 1.807) is 0 Å². The smallest absolute Gasteiger partial charge is 0.101 e. The van der Waals surface area contributed by atoms with Crippen LogP contribution in [0.15, 0.2) is 30.3 Å². The van der Waals surface area contributed by atoms with Gasteiger partial charge in [-0.05, 0) is 25.0 Å². The van der Waals surface area contributed by atoms with Crippen molar-refractivity contribution in [3.8, 4) is 11.8 Å². The Morgan fingerprint density at radius 3 is 2.47 bits per heavy atom. The Morgan fingerprint density at radius 2 is 1.74 bits per heavy atom. The maximum absolute atomic E-state index is 13.6. The molecule has 0 aliphatic carbocycles. The van der Waals surface area contributed by atoms with Crippen molar-refractivity contribution in [2.24, 2.45) is 0 Å². The molecule has 0 saturated heterocycles. The van der Waals surface area contributed by atoms with Gasteiger partial charge >= 0.3 is 0 Å². The third-order valence-corrected chi connectivity index (χ3v) is 3.21. The van der Waals surface area contributed by atoms with Gasteiger partial charge in [-0.3, -0.25) is 0 Å². The van der Waals surface area contributed by atoms with E-state index in [2.05, 4.69) is 18.8 Å². The average molecular weight is 260 g/mol. The van der Waals surface area contributed by atoms with Gasteiger partial charge in [0.1, 0.15) is 6.17 Å². The summed E-state index contributed by atoms with van der Waals surface area (Å²) in [5.41, 5.74) is 1.01. The van der Waals surface area contributed by atoms with Gasteiger partial charge < -0.3 is 0 Å². The van der Waals surface area contributed by atoms with Crippen LogP contribution in [0.4, 0.5) is 4.39 Å². The average Bonchev–Trinajstić information content (AvgIpc) is 2.44. The Bertz CT molecular complexity index is 372. The van der Waals surface area contributed by atoms with Crippen LogP contribution in [0, 0.1) is 11.8 Å². The Balaban J connectivity index is 2.07. The van der Waals surface area contributed by atoms with Crippen molar-refractivity contribution in [3.05, 3.63) is 35.9 Å². The maximum Gasteiger partial charge on any atom is 0.101 e. The van der Waals surface area contributed by atoms with Crippen LogP contribution in [0.1, 0.15) is 63.9 Å². The van der Waals surface area contributed by atoms with Crippen molar-refractivity contribution >= 4 is 0 Å². The molecule has 0 radical (unpaired) electrons. The number of hydrogen-bond acceptors (Lipinski definition) is 0. The molecule has 0 N–H and O–H groups in total. The highest BCUT2D eigenvalue weighted by Gasteiger charge is 2.04. The van der Waals surface area contributed by atoms with E-state index < -0.39 is 6.17 Å². The summed E-state index contributed by atoms with van der Waals surface area (Å²) >= 11 is 0. The SMILES string of the molecule is CCCCCCCC(F)CCC#Cc1ccccc1. The lowest BCUT2D eigenvalue weighted by Gasteiger charge is -2.05. The molecule has 104 valence electrons. The van der Waals surface area contributed by atoms with E-state index in [1.807, 2.05) is 30.3 Å². The lowest BCUT2D eigenvalue weighted by molar-refractivity contribution is 0.290. The molecule has 0 saturated carbocycles. The first kappa shape index (κ1) is 15.8. The number of alkyl halides is 1. The highest BCUT2D eigenvalue weighted by atomic mass is 19.1. The summed E-state index contributed by atoms with van der Waals surface area (Å²) in [6, 6.07) is 9.87. The second-order valence-corrected chi connectivity index (χ2v) is 5.01. The summed E-state index contributed by atoms with van der Waals surface area (Å²) in [7, 11) is 0. The Morgan fingerprint density at radius 1 is 1.00 bits per heavy atom. The molecule has 1 atom stereocenters. The molecule has 19 heavy (non-hydrogen) atoms. The monoisotopic (exact) mass is 260 g/mol. The zero-order valence-electron chi connectivity index (χ0n) is 12.0. The first-order valence-corrected chi connectivity index (χ1v) is 7.51. The summed E-state index contributed by atoms with van der Waals surface area (Å²) in [4.78, 5) is 0. The van der Waals surface area contributed by atoms with E-state index in [4.69, 9.17) is 0 Å². The topological polar surface area (TPSA) is 0 Å². The van der Waals surface area contributed by atoms with Crippen molar-refractivity contribution in [1.29, 1.82) is 0 Å². The highest BCUT2D eigenvalue weighted by Crippen LogP contribution is 2.13. The van der Waals surface area contributed by atoms with Crippen LogP contribution in [-0.2, 0) is 0 Å². The largest absolute Gasteiger partial charge is 0.247 e. The summed E-state index contributed by atoms with van der Waals surface area (Å²) in [5, 5.41) is 0. The van der Waals surface area contributed by atoms with Gasteiger partial charge in [0.2, 0.25) is 0 Å². The molecular formula is C18H25F. The van der Waals surface area contributed by atoms with Crippen LogP contribution in [-0.4, -0.2) is 6.17 Å². The predicted octanol–water partition coefficient (Wildman–Crippen LogP) is 5.52. The van der Waals surface area contributed by atoms with Crippen LogP contribution >= 0.6 is 0 Å². The number of unbranched alkanes of at least 4 members (excludes halogenated alkanes) is 4. The molecule has 0 aliphatic rings. The second kappa shape index (κ2) is 10.6. The first-order valence-electron chi connectivity index (χ1n) is 7.51. The fourth-order valence-electron chi connectivity index (χ4n) is 2.03. The summed E-state index contributed by atoms with van der Waals surface area (Å²) in [6.45, 7) is 2.20. The molecule has 1 aromatic rings. The van der Waals surface area contributed by atoms with Gasteiger partial charge in [0.05, 0.1) is 0 Å². The van der Waals surface area contributed by atoms with Crippen LogP contribution in [0.25, 0.3) is 0 Å². The predicted molar refractivity (Wildman–Crippen MR) is 80.8 cm³/mol. The molecule has 0 spiro atoms. The lowest BCUT2D eigenvalue weighted by Crippen LogP contribution is -1.99. The van der Waals surface area contributed by atoms with E-state index in [0.29, 0.717) is 19.3 Å². The molecule has 1 unspecified atom stereocenters. The van der Waals surface area contributed by atoms with Gasteiger partial charge in [0, 0.05) is 12.0 Å². The quantitative estimate of drug-likeness (QED) is 0.426. The number of rotatable bonds is 8. The van der Waals surface area contributed by atoms with Crippen molar-refractivity contribution in [2.75, 3.05) is 0 Å². The summed E-state index contributed by atoms with van der Waals surface area (Å²) in [6.07, 6.45) is 7.23. The Kier molecular flexibility index (Phi) is 8.81. The fraction of sp³-hybridized carbons (Fsp3) is 0.556. The van der Waals surface area contributed by atoms with E-state index >= 15 is 0 Å². The zero-order chi connectivity index (χ0) is 13.8. The minimum absolute atomic E-state index is 0.577. The van der Waals surface area contributed by atoms with Crippen LogP contribution in [0.3, 0.4) is 0 Å². The number of hydrogen-bond donors (Lipinski definition) is 0. The van der Waals surface area contributed by atoms with Gasteiger partial charge in [-0.1, -0.05) is 69.1 Å². The fourth-order valence-corrected chi connectivity index (χ4v) is 2.03. The molecule has 0 heterocycles. The van der Waals surface area contributed by atoms with E-state index in [0.717, 1.165) is 12.0 Å². The molecule has 0 amide bonds. The third-order valence-electron chi connectivity index (χ3n) is 3.21. The molecule has 1 rings (SSSR count). The van der Waals surface area contributed by atoms with Gasteiger partial charge in [0.25, 0.3) is 0 Å². The minimum Gasteiger partial charge on any atom is -0.247 e. The van der Waals surface area contributed by atoms with E-state index in [-0.39, 0.29) is 0 Å². The zero-order valence-corrected chi connectivity index (χ0v) is 12.0. The van der Waals surface area contributed by atoms with Crippen LogP contribution in [0.5, 0.6) is 0 Å². The normalized spacial score (nSPS) is 11.7. The molecule has 0 aromatic heterocycles. The van der Waals surface area contributed by atoms with Crippen molar-refractivity contribution in [3.63, 3.8) is 0 Å². The number of halogens is 1. The standard InChI is InChI=1S/C18H25F/c1-2-3-4-5-9-15-18(19)16-11-10-14-17-12-7-6-8-13-17/h6-8,12-13,18H,2-5,9,11,15-16H2,1H3. The van der Waals surface area contributed by atoms with E-state index in [1.165, 1.54) is 25.7 Å². The summed E-state index contributed by atoms with van der Waals surface area (Å²) < 4.78 is 13.6. The van der Waals surface area contributed by atoms with Crippen molar-refractivity contribution < 1.29 is 4.39 Å². The number of benzene rings is 1. The Hall–Kier alpha value is -1.29. The maximum atomic E-state index is 13.6. The molecular weight excluding hydrogens is 235 g/mol. The molecule has 1 heteroatoms. The van der Waals surface area contributed by atoms with Gasteiger partial charge in [-0.15, -0.1) is 0 Å². The lowest BCUT2D eigenvalue weighted by atomic mass is 10.1. The first-order chi connectivity index (χ1) is 9.33. The molecule has 0 aliphatic heterocycles. The van der Waals surface area contributed by atoms with Crippen molar-refractivity contribution in [2.45, 2.75) is 64.5 Å².